The number of aliphatic hydroxyl groups excluding tert-OH is 2. The molecule has 0 rings (SSSR count). The minimum atomic E-state index is -0.672. The summed E-state index contributed by atoms with van der Waals surface area (Å²) in [6, 6.07) is -0.551. The molecule has 0 aliphatic carbocycles. The summed E-state index contributed by atoms with van der Waals surface area (Å²) in [4.78, 5) is 24.5. The molecule has 364 valence electrons. The van der Waals surface area contributed by atoms with Crippen molar-refractivity contribution >= 4 is 11.9 Å². The van der Waals surface area contributed by atoms with Crippen LogP contribution in [0.2, 0.25) is 0 Å². The number of ether oxygens (including phenoxy) is 1. The Bertz CT molecular complexity index is 1010. The third-order valence-corrected chi connectivity index (χ3v) is 12.4. The predicted molar refractivity (Wildman–Crippen MR) is 269 cm³/mol. The number of unbranched alkanes of at least 4 members (excludes halogenated alkanes) is 33. The second kappa shape index (κ2) is 51.7. The smallest absolute Gasteiger partial charge is 0.305 e. The molecule has 2 atom stereocenters. The van der Waals surface area contributed by atoms with Gasteiger partial charge in [-0.15, -0.1) is 0 Å². The van der Waals surface area contributed by atoms with Crippen LogP contribution in [-0.4, -0.2) is 47.4 Å². The van der Waals surface area contributed by atoms with Crippen molar-refractivity contribution in [3.8, 4) is 0 Å². The maximum atomic E-state index is 12.5. The fourth-order valence-electron chi connectivity index (χ4n) is 8.20. The van der Waals surface area contributed by atoms with Crippen molar-refractivity contribution in [2.75, 3.05) is 13.2 Å². The van der Waals surface area contributed by atoms with Gasteiger partial charge in [0.15, 0.2) is 0 Å². The van der Waals surface area contributed by atoms with Crippen LogP contribution in [0.1, 0.15) is 284 Å². The van der Waals surface area contributed by atoms with Gasteiger partial charge in [0.1, 0.15) is 0 Å². The Balaban J connectivity index is 3.47. The van der Waals surface area contributed by atoms with Crippen molar-refractivity contribution in [3.05, 3.63) is 36.5 Å². The van der Waals surface area contributed by atoms with E-state index in [0.717, 1.165) is 64.2 Å². The summed E-state index contributed by atoms with van der Waals surface area (Å²) in [5.41, 5.74) is 0. The summed E-state index contributed by atoms with van der Waals surface area (Å²) in [6.45, 7) is 4.86. The number of amides is 1. The van der Waals surface area contributed by atoms with Gasteiger partial charge in [0, 0.05) is 12.8 Å². The average molecular weight is 872 g/mol. The molecule has 0 aromatic heterocycles. The lowest BCUT2D eigenvalue weighted by Crippen LogP contribution is -2.45. The standard InChI is InChI=1S/C56H105NO5/c1-3-5-7-9-11-13-15-17-21-25-28-32-36-40-44-48-54(59)53(52-58)57-55(60)49-45-41-37-33-29-26-22-19-18-20-23-27-31-35-39-43-47-51-62-56(61)50-46-42-38-34-30-24-16-14-12-10-8-6-4-2/h8,10,14,16,18,20,53-54,58-59H,3-7,9,11-13,15,17,19,21-52H2,1-2H3,(H,57,60)/b10-8-,16-14-,20-18-. The zero-order chi connectivity index (χ0) is 45.1. The highest BCUT2D eigenvalue weighted by molar-refractivity contribution is 5.76. The van der Waals surface area contributed by atoms with Crippen LogP contribution in [0.4, 0.5) is 0 Å². The lowest BCUT2D eigenvalue weighted by Gasteiger charge is -2.22. The molecule has 0 aromatic rings. The largest absolute Gasteiger partial charge is 0.466 e. The van der Waals surface area contributed by atoms with Crippen molar-refractivity contribution in [3.63, 3.8) is 0 Å². The Morgan fingerprint density at radius 2 is 0.839 bits per heavy atom. The molecule has 1 amide bonds. The molecule has 0 bridgehead atoms. The number of carbonyl (C=O) groups is 2. The van der Waals surface area contributed by atoms with Gasteiger partial charge < -0.3 is 20.3 Å². The van der Waals surface area contributed by atoms with Gasteiger partial charge in [-0.1, -0.05) is 230 Å². The Labute approximate surface area is 385 Å². The van der Waals surface area contributed by atoms with Crippen LogP contribution in [-0.2, 0) is 14.3 Å². The van der Waals surface area contributed by atoms with Gasteiger partial charge in [-0.2, -0.15) is 0 Å². The van der Waals surface area contributed by atoms with Crippen LogP contribution in [0.5, 0.6) is 0 Å². The van der Waals surface area contributed by atoms with E-state index >= 15 is 0 Å². The van der Waals surface area contributed by atoms with E-state index in [9.17, 15) is 19.8 Å². The molecule has 2 unspecified atom stereocenters. The quantitative estimate of drug-likeness (QED) is 0.0321. The van der Waals surface area contributed by atoms with Crippen LogP contribution in [0.15, 0.2) is 36.5 Å². The van der Waals surface area contributed by atoms with Gasteiger partial charge in [-0.25, -0.2) is 0 Å². The van der Waals surface area contributed by atoms with Crippen molar-refractivity contribution < 1.29 is 24.5 Å². The zero-order valence-corrected chi connectivity index (χ0v) is 41.4. The second-order valence-electron chi connectivity index (χ2n) is 18.6. The van der Waals surface area contributed by atoms with Crippen LogP contribution in [0.25, 0.3) is 0 Å². The van der Waals surface area contributed by atoms with Gasteiger partial charge in [0.05, 0.1) is 25.4 Å². The van der Waals surface area contributed by atoms with Crippen LogP contribution in [0.3, 0.4) is 0 Å². The van der Waals surface area contributed by atoms with Gasteiger partial charge in [0.2, 0.25) is 5.91 Å². The number of hydrogen-bond donors (Lipinski definition) is 3. The Hall–Kier alpha value is -1.92. The van der Waals surface area contributed by atoms with Crippen LogP contribution >= 0.6 is 0 Å². The van der Waals surface area contributed by atoms with Gasteiger partial charge in [-0.05, 0) is 77.0 Å². The molecule has 0 aromatic carbocycles. The number of esters is 1. The molecule has 0 heterocycles. The van der Waals surface area contributed by atoms with E-state index < -0.39 is 12.1 Å². The minimum absolute atomic E-state index is 0.0175. The molecule has 6 nitrogen and oxygen atoms in total. The molecule has 6 heteroatoms. The molecule has 0 aliphatic rings. The topological polar surface area (TPSA) is 95.9 Å². The van der Waals surface area contributed by atoms with E-state index in [1.54, 1.807) is 0 Å². The van der Waals surface area contributed by atoms with E-state index in [1.165, 1.54) is 186 Å². The third-order valence-electron chi connectivity index (χ3n) is 12.4. The first-order chi connectivity index (χ1) is 30.5. The third kappa shape index (κ3) is 47.6. The highest BCUT2D eigenvalue weighted by atomic mass is 16.5. The fourth-order valence-corrected chi connectivity index (χ4v) is 8.20. The molecule has 0 radical (unpaired) electrons. The fraction of sp³-hybridized carbons (Fsp3) is 0.857. The normalized spacial score (nSPS) is 12.9. The Kier molecular flexibility index (Phi) is 50.1. The van der Waals surface area contributed by atoms with Gasteiger partial charge in [-0.3, -0.25) is 9.59 Å². The molecule has 0 saturated carbocycles. The number of rotatable bonds is 50. The van der Waals surface area contributed by atoms with E-state index in [2.05, 4.69) is 55.6 Å². The Morgan fingerprint density at radius 1 is 0.452 bits per heavy atom. The molecule has 0 spiro atoms. The number of aliphatic hydroxyl groups is 2. The van der Waals surface area contributed by atoms with Crippen LogP contribution in [0, 0.1) is 0 Å². The summed E-state index contributed by atoms with van der Waals surface area (Å²) < 4.78 is 5.45. The number of hydrogen-bond acceptors (Lipinski definition) is 5. The molecule has 62 heavy (non-hydrogen) atoms. The molecular formula is C56H105NO5. The molecular weight excluding hydrogens is 767 g/mol. The lowest BCUT2D eigenvalue weighted by atomic mass is 10.0. The van der Waals surface area contributed by atoms with E-state index in [-0.39, 0.29) is 18.5 Å². The lowest BCUT2D eigenvalue weighted by molar-refractivity contribution is -0.143. The number of allylic oxidation sites excluding steroid dienone is 6. The first-order valence-electron chi connectivity index (χ1n) is 27.2. The second-order valence-corrected chi connectivity index (χ2v) is 18.6. The first kappa shape index (κ1) is 60.1. The van der Waals surface area contributed by atoms with Gasteiger partial charge in [0.25, 0.3) is 0 Å². The SMILES string of the molecule is CCC/C=C\C/C=C\CCCCCCCC(=O)OCCCCCCCC/C=C\CCCCCCCCCC(=O)NC(CO)C(O)CCCCCCCCCCCCCCCCC. The van der Waals surface area contributed by atoms with Crippen LogP contribution < -0.4 is 5.32 Å². The van der Waals surface area contributed by atoms with Gasteiger partial charge >= 0.3 is 5.97 Å². The average Bonchev–Trinajstić information content (AvgIpc) is 3.27. The summed E-state index contributed by atoms with van der Waals surface area (Å²) in [7, 11) is 0. The molecule has 0 saturated heterocycles. The maximum Gasteiger partial charge on any atom is 0.305 e. The molecule has 3 N–H and O–H groups in total. The van der Waals surface area contributed by atoms with Crippen molar-refractivity contribution in [1.82, 2.24) is 5.32 Å². The summed E-state index contributed by atoms with van der Waals surface area (Å²) in [5.74, 6) is -0.0647. The first-order valence-corrected chi connectivity index (χ1v) is 27.2. The van der Waals surface area contributed by atoms with Crippen molar-refractivity contribution in [2.24, 2.45) is 0 Å². The van der Waals surface area contributed by atoms with E-state index in [1.807, 2.05) is 0 Å². The van der Waals surface area contributed by atoms with E-state index in [0.29, 0.717) is 25.9 Å². The predicted octanol–water partition coefficient (Wildman–Crippen LogP) is 16.5. The highest BCUT2D eigenvalue weighted by Crippen LogP contribution is 2.16. The zero-order valence-electron chi connectivity index (χ0n) is 41.4. The monoisotopic (exact) mass is 872 g/mol. The molecule has 0 fully saturated rings. The number of nitrogens with one attached hydrogen (secondary N) is 1. The number of carbonyl (C=O) groups excluding carboxylic acids is 2. The van der Waals surface area contributed by atoms with Crippen molar-refractivity contribution in [2.45, 2.75) is 296 Å². The summed E-state index contributed by atoms with van der Waals surface area (Å²) in [6.07, 6.45) is 62.6. The Morgan fingerprint density at radius 3 is 1.31 bits per heavy atom. The summed E-state index contributed by atoms with van der Waals surface area (Å²) in [5, 5.41) is 23.2. The van der Waals surface area contributed by atoms with E-state index in [4.69, 9.17) is 4.74 Å². The maximum absolute atomic E-state index is 12.5. The summed E-state index contributed by atoms with van der Waals surface area (Å²) >= 11 is 0. The highest BCUT2D eigenvalue weighted by Gasteiger charge is 2.20. The minimum Gasteiger partial charge on any atom is -0.466 e. The molecule has 0 aliphatic heterocycles. The van der Waals surface area contributed by atoms with Crippen molar-refractivity contribution in [1.29, 1.82) is 0 Å².